The van der Waals surface area contributed by atoms with Crippen LogP contribution in [0.25, 0.3) is 0 Å². The summed E-state index contributed by atoms with van der Waals surface area (Å²) in [7, 11) is 2.00. The third kappa shape index (κ3) is 3.44. The molecule has 0 aliphatic carbocycles. The van der Waals surface area contributed by atoms with Crippen molar-refractivity contribution in [2.45, 2.75) is 32.4 Å². The van der Waals surface area contributed by atoms with Crippen molar-refractivity contribution in [1.82, 2.24) is 14.7 Å². The molecule has 0 bridgehead atoms. The van der Waals surface area contributed by atoms with Crippen LogP contribution in [0.15, 0.2) is 12.3 Å². The van der Waals surface area contributed by atoms with Crippen LogP contribution in [0.2, 0.25) is 0 Å². The molecule has 0 saturated carbocycles. The zero-order valence-corrected chi connectivity index (χ0v) is 11.5. The Morgan fingerprint density at radius 1 is 1.53 bits per heavy atom. The Balaban J connectivity index is 0.00000144. The Hall–Kier alpha value is -0.580. The number of likely N-dealkylation sites (tertiary alicyclic amines) is 1. The maximum atomic E-state index is 5.86. The number of aromatic nitrogens is 2. The number of piperidine rings is 1. The highest BCUT2D eigenvalue weighted by Gasteiger charge is 2.25. The highest BCUT2D eigenvalue weighted by molar-refractivity contribution is 5.85. The molecule has 17 heavy (non-hydrogen) atoms. The van der Waals surface area contributed by atoms with Crippen molar-refractivity contribution in [3.05, 3.63) is 18.0 Å². The van der Waals surface area contributed by atoms with Gasteiger partial charge in [-0.1, -0.05) is 6.92 Å². The van der Waals surface area contributed by atoms with E-state index in [0.29, 0.717) is 6.04 Å². The molecule has 1 aliphatic heterocycles. The minimum atomic E-state index is 0. The first-order valence-electron chi connectivity index (χ1n) is 6.11. The van der Waals surface area contributed by atoms with Crippen LogP contribution in [0.5, 0.6) is 0 Å². The number of nitrogens with two attached hydrogens (primary N) is 1. The Kier molecular flexibility index (Phi) is 5.43. The van der Waals surface area contributed by atoms with Crippen molar-refractivity contribution in [1.29, 1.82) is 0 Å². The minimum Gasteiger partial charge on any atom is -0.329 e. The van der Waals surface area contributed by atoms with Gasteiger partial charge in [-0.25, -0.2) is 0 Å². The van der Waals surface area contributed by atoms with E-state index < -0.39 is 0 Å². The van der Waals surface area contributed by atoms with Gasteiger partial charge in [-0.3, -0.25) is 9.58 Å². The van der Waals surface area contributed by atoms with E-state index >= 15 is 0 Å². The molecular weight excluding hydrogens is 236 g/mol. The smallest absolute Gasteiger partial charge is 0.0521 e. The molecule has 2 N–H and O–H groups in total. The standard InChI is InChI=1S/C12H22N4.ClH/c1-10-4-6-16(12(7-10)8-13)9-11-3-5-14-15(11)2;/h3,5,10,12H,4,6-9,13H2,1-2H3;1H. The van der Waals surface area contributed by atoms with Crippen molar-refractivity contribution >= 4 is 12.4 Å². The van der Waals surface area contributed by atoms with Gasteiger partial charge in [-0.05, 0) is 31.4 Å². The van der Waals surface area contributed by atoms with Gasteiger partial charge in [0.25, 0.3) is 0 Å². The number of rotatable bonds is 3. The molecule has 2 atom stereocenters. The number of hydrogen-bond acceptors (Lipinski definition) is 3. The summed E-state index contributed by atoms with van der Waals surface area (Å²) in [5.41, 5.74) is 7.13. The van der Waals surface area contributed by atoms with Gasteiger partial charge >= 0.3 is 0 Å². The molecule has 2 heterocycles. The zero-order chi connectivity index (χ0) is 11.5. The molecule has 0 amide bonds. The average molecular weight is 259 g/mol. The van der Waals surface area contributed by atoms with Crippen LogP contribution in [0.4, 0.5) is 0 Å². The molecule has 1 fully saturated rings. The van der Waals surface area contributed by atoms with Crippen LogP contribution in [0.3, 0.4) is 0 Å². The third-order valence-corrected chi connectivity index (χ3v) is 3.66. The molecule has 0 spiro atoms. The van der Waals surface area contributed by atoms with Crippen LogP contribution in [0, 0.1) is 5.92 Å². The topological polar surface area (TPSA) is 47.1 Å². The summed E-state index contributed by atoms with van der Waals surface area (Å²) < 4.78 is 1.95. The number of halogens is 1. The molecule has 2 rings (SSSR count). The zero-order valence-electron chi connectivity index (χ0n) is 10.7. The summed E-state index contributed by atoms with van der Waals surface area (Å²) in [5, 5.41) is 4.21. The SMILES string of the molecule is CC1CCN(Cc2ccnn2C)C(CN)C1.Cl. The molecule has 4 nitrogen and oxygen atoms in total. The summed E-state index contributed by atoms with van der Waals surface area (Å²) in [6, 6.07) is 2.63. The lowest BCUT2D eigenvalue weighted by Gasteiger charge is -2.37. The van der Waals surface area contributed by atoms with Gasteiger partial charge in [0.2, 0.25) is 0 Å². The highest BCUT2D eigenvalue weighted by atomic mass is 35.5. The highest BCUT2D eigenvalue weighted by Crippen LogP contribution is 2.23. The Bertz CT molecular complexity index is 339. The van der Waals surface area contributed by atoms with Gasteiger partial charge < -0.3 is 5.73 Å². The summed E-state index contributed by atoms with van der Waals surface area (Å²) in [6.45, 7) is 5.23. The van der Waals surface area contributed by atoms with Crippen molar-refractivity contribution in [3.63, 3.8) is 0 Å². The summed E-state index contributed by atoms with van der Waals surface area (Å²) >= 11 is 0. The molecule has 98 valence electrons. The largest absolute Gasteiger partial charge is 0.329 e. The van der Waals surface area contributed by atoms with Gasteiger partial charge in [-0.2, -0.15) is 5.10 Å². The van der Waals surface area contributed by atoms with Crippen LogP contribution in [-0.2, 0) is 13.6 Å². The molecule has 1 aliphatic rings. The fourth-order valence-electron chi connectivity index (χ4n) is 2.52. The number of nitrogens with zero attached hydrogens (tertiary/aromatic N) is 3. The molecule has 1 aromatic rings. The summed E-state index contributed by atoms with van der Waals surface area (Å²) in [5.74, 6) is 0.816. The number of aryl methyl sites for hydroxylation is 1. The lowest BCUT2D eigenvalue weighted by molar-refractivity contribution is 0.112. The van der Waals surface area contributed by atoms with Crippen LogP contribution >= 0.6 is 12.4 Å². The second-order valence-electron chi connectivity index (χ2n) is 4.94. The van der Waals surface area contributed by atoms with E-state index in [2.05, 4.69) is 23.0 Å². The first-order valence-corrected chi connectivity index (χ1v) is 6.11. The number of hydrogen-bond donors (Lipinski definition) is 1. The van der Waals surface area contributed by atoms with E-state index in [1.165, 1.54) is 18.5 Å². The molecule has 2 unspecified atom stereocenters. The van der Waals surface area contributed by atoms with Gasteiger partial charge in [0, 0.05) is 32.4 Å². The predicted molar refractivity (Wildman–Crippen MR) is 72.1 cm³/mol. The second-order valence-corrected chi connectivity index (χ2v) is 4.94. The fourth-order valence-corrected chi connectivity index (χ4v) is 2.52. The minimum absolute atomic E-state index is 0. The summed E-state index contributed by atoms with van der Waals surface area (Å²) in [6.07, 6.45) is 4.38. The molecule has 0 aromatic carbocycles. The van der Waals surface area contributed by atoms with Crippen molar-refractivity contribution in [3.8, 4) is 0 Å². The third-order valence-electron chi connectivity index (χ3n) is 3.66. The lowest BCUT2D eigenvalue weighted by Crippen LogP contribution is -2.45. The van der Waals surface area contributed by atoms with E-state index in [1.807, 2.05) is 17.9 Å². The van der Waals surface area contributed by atoms with E-state index in [4.69, 9.17) is 5.73 Å². The average Bonchev–Trinajstić information content (AvgIpc) is 2.67. The molecule has 0 radical (unpaired) electrons. The van der Waals surface area contributed by atoms with Gasteiger partial charge in [0.15, 0.2) is 0 Å². The summed E-state index contributed by atoms with van der Waals surface area (Å²) in [4.78, 5) is 2.50. The van der Waals surface area contributed by atoms with Gasteiger partial charge in [0.05, 0.1) is 5.69 Å². The van der Waals surface area contributed by atoms with E-state index in [0.717, 1.165) is 25.6 Å². The van der Waals surface area contributed by atoms with Gasteiger partial charge in [-0.15, -0.1) is 12.4 Å². The van der Waals surface area contributed by atoms with Gasteiger partial charge in [0.1, 0.15) is 0 Å². The first kappa shape index (κ1) is 14.5. The van der Waals surface area contributed by atoms with Crippen LogP contribution < -0.4 is 5.73 Å². The van der Waals surface area contributed by atoms with Crippen LogP contribution in [0.1, 0.15) is 25.5 Å². The quantitative estimate of drug-likeness (QED) is 0.892. The lowest BCUT2D eigenvalue weighted by atomic mass is 9.92. The molecule has 1 aromatic heterocycles. The normalized spacial score (nSPS) is 25.6. The molecular formula is C12H23ClN4. The van der Waals surface area contributed by atoms with Crippen molar-refractivity contribution < 1.29 is 0 Å². The fraction of sp³-hybridized carbons (Fsp3) is 0.750. The van der Waals surface area contributed by atoms with Crippen molar-refractivity contribution in [2.75, 3.05) is 13.1 Å². The van der Waals surface area contributed by atoms with E-state index in [9.17, 15) is 0 Å². The monoisotopic (exact) mass is 258 g/mol. The Morgan fingerprint density at radius 3 is 2.88 bits per heavy atom. The first-order chi connectivity index (χ1) is 7.70. The molecule has 1 saturated heterocycles. The maximum Gasteiger partial charge on any atom is 0.0521 e. The molecule has 5 heteroatoms. The van der Waals surface area contributed by atoms with E-state index in [-0.39, 0.29) is 12.4 Å². The van der Waals surface area contributed by atoms with Crippen molar-refractivity contribution in [2.24, 2.45) is 18.7 Å². The Morgan fingerprint density at radius 2 is 2.29 bits per heavy atom. The second kappa shape index (κ2) is 6.38. The maximum absolute atomic E-state index is 5.86. The van der Waals surface area contributed by atoms with Crippen LogP contribution in [-0.4, -0.2) is 33.8 Å². The predicted octanol–water partition coefficient (Wildman–Crippen LogP) is 1.40. The Labute approximate surface area is 110 Å². The van der Waals surface area contributed by atoms with E-state index in [1.54, 1.807) is 0 Å².